The molecule has 1 aromatic carbocycles. The molecule has 0 saturated heterocycles. The number of rotatable bonds is 6. The molecule has 0 aliphatic rings. The summed E-state index contributed by atoms with van der Waals surface area (Å²) < 4.78 is 12.7. The second-order valence-corrected chi connectivity index (χ2v) is 4.78. The third-order valence-corrected chi connectivity index (χ3v) is 2.43. The molecule has 2 N–H and O–H groups in total. The summed E-state index contributed by atoms with van der Waals surface area (Å²) in [7, 11) is 0. The summed E-state index contributed by atoms with van der Waals surface area (Å²) in [6.07, 6.45) is -0.187. The molecular weight excluding hydrogens is 247 g/mol. The lowest BCUT2D eigenvalue weighted by atomic mass is 10.2. The van der Waals surface area contributed by atoms with E-state index in [1.54, 1.807) is 12.1 Å². The molecule has 0 radical (unpaired) electrons. The number of hydrogen-bond donors (Lipinski definition) is 2. The molecule has 1 aromatic rings. The lowest BCUT2D eigenvalue weighted by molar-refractivity contribution is -0.129. The predicted molar refractivity (Wildman–Crippen MR) is 70.7 cm³/mol. The van der Waals surface area contributed by atoms with Crippen LogP contribution in [0.15, 0.2) is 24.3 Å². The Kier molecular flexibility index (Phi) is 5.99. The van der Waals surface area contributed by atoms with Crippen LogP contribution in [-0.2, 0) is 16.1 Å². The van der Waals surface area contributed by atoms with Crippen molar-refractivity contribution in [2.45, 2.75) is 26.8 Å². The Hall–Kier alpha value is -1.91. The summed E-state index contributed by atoms with van der Waals surface area (Å²) in [4.78, 5) is 22.9. The monoisotopic (exact) mass is 266 g/mol. The standard InChI is InChI=1S/C14H19FN2O2/c1-10(2)8-16-13(18)7-14(19)17-9-11-3-5-12(15)6-4-11/h3-6,10H,7-9H2,1-2H3,(H,16,18)(H,17,19). The van der Waals surface area contributed by atoms with Crippen LogP contribution in [0.3, 0.4) is 0 Å². The van der Waals surface area contributed by atoms with Gasteiger partial charge in [-0.05, 0) is 23.6 Å². The molecule has 0 spiro atoms. The van der Waals surface area contributed by atoms with Crippen molar-refractivity contribution in [2.75, 3.05) is 6.54 Å². The van der Waals surface area contributed by atoms with Gasteiger partial charge in [-0.1, -0.05) is 26.0 Å². The van der Waals surface area contributed by atoms with Crippen LogP contribution in [0.2, 0.25) is 0 Å². The second kappa shape index (κ2) is 7.51. The molecule has 0 atom stereocenters. The maximum absolute atomic E-state index is 12.7. The molecule has 0 bridgehead atoms. The van der Waals surface area contributed by atoms with Gasteiger partial charge in [0, 0.05) is 13.1 Å². The lowest BCUT2D eigenvalue weighted by Gasteiger charge is -2.08. The van der Waals surface area contributed by atoms with Crippen molar-refractivity contribution >= 4 is 11.8 Å². The van der Waals surface area contributed by atoms with Crippen LogP contribution < -0.4 is 10.6 Å². The quantitative estimate of drug-likeness (QED) is 0.768. The summed E-state index contributed by atoms with van der Waals surface area (Å²) in [5.41, 5.74) is 0.789. The number of benzene rings is 1. The van der Waals surface area contributed by atoms with Crippen molar-refractivity contribution in [3.8, 4) is 0 Å². The van der Waals surface area contributed by atoms with Crippen LogP contribution in [0.4, 0.5) is 4.39 Å². The summed E-state index contributed by atoms with van der Waals surface area (Å²) in [6.45, 7) is 4.81. The van der Waals surface area contributed by atoms with E-state index in [4.69, 9.17) is 0 Å². The lowest BCUT2D eigenvalue weighted by Crippen LogP contribution is -2.33. The first-order chi connectivity index (χ1) is 8.97. The number of carbonyl (C=O) groups excluding carboxylic acids is 2. The van der Waals surface area contributed by atoms with Gasteiger partial charge in [0.25, 0.3) is 0 Å². The Labute approximate surface area is 112 Å². The zero-order valence-electron chi connectivity index (χ0n) is 11.2. The number of hydrogen-bond acceptors (Lipinski definition) is 2. The molecule has 0 fully saturated rings. The van der Waals surface area contributed by atoms with Gasteiger partial charge >= 0.3 is 0 Å². The average molecular weight is 266 g/mol. The highest BCUT2D eigenvalue weighted by Crippen LogP contribution is 2.02. The Balaban J connectivity index is 2.27. The van der Waals surface area contributed by atoms with E-state index in [-0.39, 0.29) is 30.6 Å². The summed E-state index contributed by atoms with van der Waals surface area (Å²) in [6, 6.07) is 5.84. The van der Waals surface area contributed by atoms with Crippen LogP contribution in [0.1, 0.15) is 25.8 Å². The van der Waals surface area contributed by atoms with Gasteiger partial charge < -0.3 is 10.6 Å². The molecule has 104 valence electrons. The Bertz CT molecular complexity index is 430. The van der Waals surface area contributed by atoms with Crippen molar-refractivity contribution in [3.05, 3.63) is 35.6 Å². The van der Waals surface area contributed by atoms with Gasteiger partial charge in [0.2, 0.25) is 11.8 Å². The summed E-state index contributed by atoms with van der Waals surface area (Å²) in [5, 5.41) is 5.28. The highest BCUT2D eigenvalue weighted by molar-refractivity contribution is 5.96. The molecule has 0 heterocycles. The molecule has 0 aromatic heterocycles. The first kappa shape index (κ1) is 15.1. The van der Waals surface area contributed by atoms with Crippen molar-refractivity contribution in [1.29, 1.82) is 0 Å². The zero-order chi connectivity index (χ0) is 14.3. The normalized spacial score (nSPS) is 10.3. The van der Waals surface area contributed by atoms with Crippen LogP contribution in [0.25, 0.3) is 0 Å². The fraction of sp³-hybridized carbons (Fsp3) is 0.429. The van der Waals surface area contributed by atoms with Crippen LogP contribution >= 0.6 is 0 Å². The van der Waals surface area contributed by atoms with E-state index in [2.05, 4.69) is 10.6 Å². The molecule has 5 heteroatoms. The van der Waals surface area contributed by atoms with Crippen LogP contribution in [0.5, 0.6) is 0 Å². The van der Waals surface area contributed by atoms with E-state index in [0.29, 0.717) is 12.5 Å². The molecule has 0 saturated carbocycles. The van der Waals surface area contributed by atoms with E-state index in [9.17, 15) is 14.0 Å². The van der Waals surface area contributed by atoms with Gasteiger partial charge in [-0.25, -0.2) is 4.39 Å². The molecule has 19 heavy (non-hydrogen) atoms. The van der Waals surface area contributed by atoms with Crippen molar-refractivity contribution in [1.82, 2.24) is 10.6 Å². The van der Waals surface area contributed by atoms with Crippen molar-refractivity contribution in [3.63, 3.8) is 0 Å². The van der Waals surface area contributed by atoms with Gasteiger partial charge in [0.1, 0.15) is 12.2 Å². The molecule has 4 nitrogen and oxygen atoms in total. The number of nitrogens with one attached hydrogen (secondary N) is 2. The minimum absolute atomic E-state index is 0.187. The topological polar surface area (TPSA) is 58.2 Å². The average Bonchev–Trinajstić information content (AvgIpc) is 2.36. The maximum atomic E-state index is 12.7. The Morgan fingerprint density at radius 1 is 1.11 bits per heavy atom. The number of carbonyl (C=O) groups is 2. The molecule has 2 amide bonds. The Morgan fingerprint density at radius 3 is 2.26 bits per heavy atom. The molecular formula is C14H19FN2O2. The summed E-state index contributed by atoms with van der Waals surface area (Å²) >= 11 is 0. The highest BCUT2D eigenvalue weighted by Gasteiger charge is 2.09. The third-order valence-electron chi connectivity index (χ3n) is 2.43. The van der Waals surface area contributed by atoms with E-state index >= 15 is 0 Å². The maximum Gasteiger partial charge on any atom is 0.229 e. The van der Waals surface area contributed by atoms with Gasteiger partial charge in [0.05, 0.1) is 0 Å². The molecule has 0 aliphatic carbocycles. The molecule has 0 unspecified atom stereocenters. The van der Waals surface area contributed by atoms with E-state index < -0.39 is 0 Å². The minimum atomic E-state index is -0.342. The SMILES string of the molecule is CC(C)CNC(=O)CC(=O)NCc1ccc(F)cc1. The van der Waals surface area contributed by atoms with E-state index in [0.717, 1.165) is 5.56 Å². The first-order valence-corrected chi connectivity index (χ1v) is 6.25. The van der Waals surface area contributed by atoms with Crippen LogP contribution in [-0.4, -0.2) is 18.4 Å². The Morgan fingerprint density at radius 2 is 1.68 bits per heavy atom. The smallest absolute Gasteiger partial charge is 0.229 e. The van der Waals surface area contributed by atoms with Crippen molar-refractivity contribution < 1.29 is 14.0 Å². The van der Waals surface area contributed by atoms with Crippen LogP contribution in [0, 0.1) is 11.7 Å². The van der Waals surface area contributed by atoms with Crippen molar-refractivity contribution in [2.24, 2.45) is 5.92 Å². The first-order valence-electron chi connectivity index (χ1n) is 6.25. The second-order valence-electron chi connectivity index (χ2n) is 4.78. The van der Waals surface area contributed by atoms with E-state index in [1.165, 1.54) is 12.1 Å². The minimum Gasteiger partial charge on any atom is -0.355 e. The van der Waals surface area contributed by atoms with Gasteiger partial charge in [-0.2, -0.15) is 0 Å². The highest BCUT2D eigenvalue weighted by atomic mass is 19.1. The zero-order valence-corrected chi connectivity index (χ0v) is 11.2. The third kappa shape index (κ3) is 6.55. The molecule has 0 aliphatic heterocycles. The fourth-order valence-electron chi connectivity index (χ4n) is 1.39. The summed E-state index contributed by atoms with van der Waals surface area (Å²) in [5.74, 6) is -0.592. The van der Waals surface area contributed by atoms with Gasteiger partial charge in [-0.3, -0.25) is 9.59 Å². The number of halogens is 1. The predicted octanol–water partition coefficient (Wildman–Crippen LogP) is 1.60. The molecule has 1 rings (SSSR count). The van der Waals surface area contributed by atoms with Gasteiger partial charge in [-0.15, -0.1) is 0 Å². The van der Waals surface area contributed by atoms with E-state index in [1.807, 2.05) is 13.8 Å². The fourth-order valence-corrected chi connectivity index (χ4v) is 1.39. The van der Waals surface area contributed by atoms with Gasteiger partial charge in [0.15, 0.2) is 0 Å². The number of amides is 2. The largest absolute Gasteiger partial charge is 0.355 e.